The molecule has 114 valence electrons. The Morgan fingerprint density at radius 1 is 1.10 bits per heavy atom. The molecule has 0 radical (unpaired) electrons. The van der Waals surface area contributed by atoms with Gasteiger partial charge in [-0.2, -0.15) is 0 Å². The van der Waals surface area contributed by atoms with Gasteiger partial charge in [-0.05, 0) is 46.0 Å². The van der Waals surface area contributed by atoms with Crippen molar-refractivity contribution in [3.63, 3.8) is 0 Å². The number of rotatable bonds is 2. The summed E-state index contributed by atoms with van der Waals surface area (Å²) in [6.45, 7) is 10.8. The van der Waals surface area contributed by atoms with Crippen molar-refractivity contribution < 1.29 is 4.42 Å². The maximum Gasteiger partial charge on any atom is 0.157 e. The third kappa shape index (κ3) is 3.16. The smallest absolute Gasteiger partial charge is 0.157 e. The van der Waals surface area contributed by atoms with Crippen LogP contribution < -0.4 is 10.2 Å². The van der Waals surface area contributed by atoms with Crippen LogP contribution in [0.5, 0.6) is 0 Å². The molecule has 4 heteroatoms. The molecule has 0 aliphatic carbocycles. The second-order valence-corrected chi connectivity index (χ2v) is 7.00. The lowest BCUT2D eigenvalue weighted by atomic mass is 10.1. The summed E-state index contributed by atoms with van der Waals surface area (Å²) in [5, 5.41) is 4.74. The Morgan fingerprint density at radius 3 is 2.48 bits per heavy atom. The number of furan rings is 1. The van der Waals surface area contributed by atoms with Gasteiger partial charge in [-0.3, -0.25) is 0 Å². The molecule has 0 spiro atoms. The predicted octanol–water partition coefficient (Wildman–Crippen LogP) is 3.40. The highest BCUT2D eigenvalue weighted by molar-refractivity contribution is 5.93. The SMILES string of the molecule is CN1CCN(c2cc(NC(C)(C)C)cc3ccoc23)CC1. The van der Waals surface area contributed by atoms with Crippen LogP contribution in [0, 0.1) is 0 Å². The molecule has 4 nitrogen and oxygen atoms in total. The third-order valence-electron chi connectivity index (χ3n) is 3.89. The molecule has 1 N–H and O–H groups in total. The van der Waals surface area contributed by atoms with Crippen molar-refractivity contribution >= 4 is 22.3 Å². The van der Waals surface area contributed by atoms with Crippen molar-refractivity contribution in [2.24, 2.45) is 0 Å². The number of anilines is 2. The summed E-state index contributed by atoms with van der Waals surface area (Å²) in [7, 11) is 2.18. The van der Waals surface area contributed by atoms with E-state index in [2.05, 4.69) is 55.1 Å². The molecule has 0 amide bonds. The molecule has 0 saturated carbocycles. The molecule has 1 aromatic heterocycles. The van der Waals surface area contributed by atoms with Gasteiger partial charge in [-0.15, -0.1) is 0 Å². The minimum Gasteiger partial charge on any atom is -0.462 e. The van der Waals surface area contributed by atoms with Gasteiger partial charge in [0.2, 0.25) is 0 Å². The second kappa shape index (κ2) is 5.26. The minimum absolute atomic E-state index is 0.0524. The first kappa shape index (κ1) is 14.3. The normalized spacial score (nSPS) is 17.4. The van der Waals surface area contributed by atoms with Crippen LogP contribution in [0.2, 0.25) is 0 Å². The Balaban J connectivity index is 1.97. The molecule has 1 aliphatic rings. The van der Waals surface area contributed by atoms with Crippen LogP contribution in [0.1, 0.15) is 20.8 Å². The topological polar surface area (TPSA) is 31.6 Å². The Morgan fingerprint density at radius 2 is 1.81 bits per heavy atom. The van der Waals surface area contributed by atoms with Gasteiger partial charge in [-0.25, -0.2) is 0 Å². The van der Waals surface area contributed by atoms with Crippen LogP contribution in [0.25, 0.3) is 11.0 Å². The maximum absolute atomic E-state index is 5.73. The monoisotopic (exact) mass is 287 g/mol. The van der Waals surface area contributed by atoms with Gasteiger partial charge in [-0.1, -0.05) is 0 Å². The first-order valence-electron chi connectivity index (χ1n) is 7.65. The quantitative estimate of drug-likeness (QED) is 0.917. The van der Waals surface area contributed by atoms with Gasteiger partial charge in [0, 0.05) is 42.8 Å². The van der Waals surface area contributed by atoms with E-state index in [-0.39, 0.29) is 5.54 Å². The largest absolute Gasteiger partial charge is 0.462 e. The predicted molar refractivity (Wildman–Crippen MR) is 89.3 cm³/mol. The summed E-state index contributed by atoms with van der Waals surface area (Å²) in [5.41, 5.74) is 3.42. The van der Waals surface area contributed by atoms with E-state index < -0.39 is 0 Å². The van der Waals surface area contributed by atoms with E-state index in [1.54, 1.807) is 6.26 Å². The molecule has 0 unspecified atom stereocenters. The number of hydrogen-bond acceptors (Lipinski definition) is 4. The lowest BCUT2D eigenvalue weighted by molar-refractivity contribution is 0.313. The molecule has 21 heavy (non-hydrogen) atoms. The van der Waals surface area contributed by atoms with Crippen molar-refractivity contribution in [2.45, 2.75) is 26.3 Å². The summed E-state index contributed by atoms with van der Waals surface area (Å²) in [5.74, 6) is 0. The Kier molecular flexibility index (Phi) is 3.57. The van der Waals surface area contributed by atoms with E-state index in [0.717, 1.165) is 42.8 Å². The van der Waals surface area contributed by atoms with Gasteiger partial charge in [0.15, 0.2) is 5.58 Å². The number of fused-ring (bicyclic) bond motifs is 1. The van der Waals surface area contributed by atoms with E-state index in [1.807, 2.05) is 6.07 Å². The lowest BCUT2D eigenvalue weighted by Crippen LogP contribution is -2.44. The van der Waals surface area contributed by atoms with E-state index >= 15 is 0 Å². The molecule has 1 aromatic carbocycles. The summed E-state index contributed by atoms with van der Waals surface area (Å²) >= 11 is 0. The van der Waals surface area contributed by atoms with Crippen molar-refractivity contribution in [3.05, 3.63) is 24.5 Å². The average Bonchev–Trinajstić information content (AvgIpc) is 2.85. The highest BCUT2D eigenvalue weighted by Gasteiger charge is 2.19. The molecule has 0 bridgehead atoms. The lowest BCUT2D eigenvalue weighted by Gasteiger charge is -2.34. The highest BCUT2D eigenvalue weighted by atomic mass is 16.3. The standard InChI is InChI=1S/C17H25N3O/c1-17(2,3)18-14-11-13-5-10-21-16(13)15(12-14)20-8-6-19(4)7-9-20/h5,10-12,18H,6-9H2,1-4H3. The van der Waals surface area contributed by atoms with E-state index in [1.165, 1.54) is 5.69 Å². The Labute approximate surface area is 126 Å². The fourth-order valence-electron chi connectivity index (χ4n) is 2.85. The summed E-state index contributed by atoms with van der Waals surface area (Å²) in [6.07, 6.45) is 1.78. The molecular weight excluding hydrogens is 262 g/mol. The van der Waals surface area contributed by atoms with Gasteiger partial charge in [0.05, 0.1) is 12.0 Å². The van der Waals surface area contributed by atoms with Gasteiger partial charge in [0.1, 0.15) is 0 Å². The number of hydrogen-bond donors (Lipinski definition) is 1. The number of piperazine rings is 1. The van der Waals surface area contributed by atoms with Crippen LogP contribution in [0.15, 0.2) is 28.9 Å². The average molecular weight is 287 g/mol. The fraction of sp³-hybridized carbons (Fsp3) is 0.529. The number of nitrogens with one attached hydrogen (secondary N) is 1. The molecule has 1 aliphatic heterocycles. The Bertz CT molecular complexity index is 618. The molecule has 0 atom stereocenters. The summed E-state index contributed by atoms with van der Waals surface area (Å²) in [4.78, 5) is 4.80. The van der Waals surface area contributed by atoms with Crippen molar-refractivity contribution in [1.29, 1.82) is 0 Å². The molecule has 2 aromatic rings. The molecular formula is C17H25N3O. The molecule has 2 heterocycles. The van der Waals surface area contributed by atoms with Crippen LogP contribution in [-0.2, 0) is 0 Å². The van der Waals surface area contributed by atoms with E-state index in [9.17, 15) is 0 Å². The highest BCUT2D eigenvalue weighted by Crippen LogP contribution is 2.33. The van der Waals surface area contributed by atoms with Crippen LogP contribution in [0.3, 0.4) is 0 Å². The van der Waals surface area contributed by atoms with Crippen LogP contribution in [0.4, 0.5) is 11.4 Å². The van der Waals surface area contributed by atoms with Crippen molar-refractivity contribution in [1.82, 2.24) is 4.90 Å². The van der Waals surface area contributed by atoms with Crippen molar-refractivity contribution in [3.8, 4) is 0 Å². The first-order chi connectivity index (χ1) is 9.92. The zero-order valence-corrected chi connectivity index (χ0v) is 13.4. The number of benzene rings is 1. The second-order valence-electron chi connectivity index (χ2n) is 7.00. The minimum atomic E-state index is 0.0524. The fourth-order valence-corrected chi connectivity index (χ4v) is 2.85. The van der Waals surface area contributed by atoms with E-state index in [4.69, 9.17) is 4.42 Å². The zero-order chi connectivity index (χ0) is 15.0. The maximum atomic E-state index is 5.73. The third-order valence-corrected chi connectivity index (χ3v) is 3.89. The van der Waals surface area contributed by atoms with Gasteiger partial charge < -0.3 is 19.5 Å². The van der Waals surface area contributed by atoms with Gasteiger partial charge in [0.25, 0.3) is 0 Å². The summed E-state index contributed by atoms with van der Waals surface area (Å²) in [6, 6.07) is 6.44. The van der Waals surface area contributed by atoms with Gasteiger partial charge >= 0.3 is 0 Å². The number of nitrogens with zero attached hydrogens (tertiary/aromatic N) is 2. The van der Waals surface area contributed by atoms with E-state index in [0.29, 0.717) is 0 Å². The summed E-state index contributed by atoms with van der Waals surface area (Å²) < 4.78 is 5.73. The van der Waals surface area contributed by atoms with Crippen LogP contribution in [-0.4, -0.2) is 43.7 Å². The van der Waals surface area contributed by atoms with Crippen LogP contribution >= 0.6 is 0 Å². The van der Waals surface area contributed by atoms with Crippen molar-refractivity contribution in [2.75, 3.05) is 43.4 Å². The molecule has 1 fully saturated rings. The molecule has 1 saturated heterocycles. The molecule has 3 rings (SSSR count). The zero-order valence-electron chi connectivity index (χ0n) is 13.4. The number of likely N-dealkylation sites (N-methyl/N-ethyl adjacent to an activating group) is 1. The first-order valence-corrected chi connectivity index (χ1v) is 7.65. The Hall–Kier alpha value is -1.68.